The van der Waals surface area contributed by atoms with Crippen molar-refractivity contribution >= 4 is 57.9 Å². The van der Waals surface area contributed by atoms with Gasteiger partial charge in [-0.1, -0.05) is 35.3 Å². The van der Waals surface area contributed by atoms with Gasteiger partial charge in [-0.05, 0) is 42.5 Å². The van der Waals surface area contributed by atoms with Gasteiger partial charge >= 0.3 is 5.91 Å². The van der Waals surface area contributed by atoms with Crippen molar-refractivity contribution in [2.75, 3.05) is 0 Å². The normalized spacial score (nSPS) is 11.0. The summed E-state index contributed by atoms with van der Waals surface area (Å²) >= 11 is 17.2. The van der Waals surface area contributed by atoms with Crippen LogP contribution in [0.2, 0.25) is 10.0 Å². The number of carbonyl (C=O) groups excluding carboxylic acids is 1. The number of aromatic nitrogens is 2. The molecule has 4 rings (SSSR count). The number of carbonyl (C=O) groups is 1. The van der Waals surface area contributed by atoms with Gasteiger partial charge in [-0.25, -0.2) is 4.57 Å². The first-order valence-electron chi connectivity index (χ1n) is 8.30. The molecule has 0 radical (unpaired) electrons. The van der Waals surface area contributed by atoms with E-state index in [0.717, 1.165) is 0 Å². The van der Waals surface area contributed by atoms with Crippen LogP contribution in [0, 0.1) is 14.9 Å². The lowest BCUT2D eigenvalue weighted by Gasteiger charge is -2.07. The fourth-order valence-electron chi connectivity index (χ4n) is 2.98. The lowest BCUT2D eigenvalue weighted by atomic mass is 10.1. The Kier molecular flexibility index (Phi) is 5.02. The summed E-state index contributed by atoms with van der Waals surface area (Å²) in [5.74, 6) is -0.971. The lowest BCUT2D eigenvalue weighted by Crippen LogP contribution is -2.28. The number of aromatic amines is 1. The molecule has 0 atom stereocenters. The number of fused-ring (bicyclic) bond motifs is 1. The smallest absolute Gasteiger partial charge is 0.302 e. The van der Waals surface area contributed by atoms with Gasteiger partial charge in [0.25, 0.3) is 11.2 Å². The number of hydrogen-bond donors (Lipinski definition) is 1. The molecule has 2 aromatic carbocycles. The molecule has 0 unspecified atom stereocenters. The average Bonchev–Trinajstić information content (AvgIpc) is 3.19. The molecule has 0 spiro atoms. The first-order chi connectivity index (χ1) is 14.3. The number of hydrogen-bond acceptors (Lipinski definition) is 6. The van der Waals surface area contributed by atoms with Gasteiger partial charge in [0, 0.05) is 11.1 Å². The Morgan fingerprint density at radius 1 is 1.17 bits per heavy atom. The molecule has 0 aliphatic carbocycles. The minimum Gasteiger partial charge on any atom is -0.451 e. The second kappa shape index (κ2) is 7.52. The number of furan rings is 1. The number of nitro groups is 1. The molecule has 0 bridgehead atoms. The van der Waals surface area contributed by atoms with Gasteiger partial charge in [0.05, 0.1) is 26.4 Å². The summed E-state index contributed by atoms with van der Waals surface area (Å²) < 4.78 is 6.05. The van der Waals surface area contributed by atoms with Crippen LogP contribution >= 0.6 is 35.4 Å². The van der Waals surface area contributed by atoms with E-state index in [1.807, 2.05) is 0 Å². The van der Waals surface area contributed by atoms with Gasteiger partial charge in [-0.2, -0.15) is 0 Å². The molecule has 11 heteroatoms. The number of rotatable bonds is 3. The lowest BCUT2D eigenvalue weighted by molar-refractivity contribution is -0.384. The van der Waals surface area contributed by atoms with Crippen molar-refractivity contribution in [3.8, 4) is 11.3 Å². The number of H-pyrrole nitrogens is 1. The van der Waals surface area contributed by atoms with Crippen LogP contribution in [0.15, 0.2) is 57.7 Å². The fourth-order valence-corrected chi connectivity index (χ4v) is 3.79. The predicted octanol–water partition coefficient (Wildman–Crippen LogP) is 5.22. The Labute approximate surface area is 182 Å². The van der Waals surface area contributed by atoms with E-state index in [2.05, 4.69) is 4.98 Å². The van der Waals surface area contributed by atoms with Crippen molar-refractivity contribution in [2.24, 2.45) is 0 Å². The summed E-state index contributed by atoms with van der Waals surface area (Å²) in [6.07, 6.45) is 0. The zero-order valence-corrected chi connectivity index (χ0v) is 17.0. The van der Waals surface area contributed by atoms with Crippen LogP contribution in [0.1, 0.15) is 10.6 Å². The van der Waals surface area contributed by atoms with Gasteiger partial charge in [0.2, 0.25) is 0 Å². The highest BCUT2D eigenvalue weighted by Gasteiger charge is 2.22. The van der Waals surface area contributed by atoms with E-state index in [1.165, 1.54) is 42.5 Å². The number of nitro benzene ring substituents is 1. The maximum absolute atomic E-state index is 12.9. The highest BCUT2D eigenvalue weighted by Crippen LogP contribution is 2.31. The molecule has 0 saturated carbocycles. The van der Waals surface area contributed by atoms with Crippen LogP contribution in [0.5, 0.6) is 0 Å². The van der Waals surface area contributed by atoms with Crippen molar-refractivity contribution in [3.05, 3.63) is 89.6 Å². The largest absolute Gasteiger partial charge is 0.451 e. The number of halogens is 2. The van der Waals surface area contributed by atoms with Crippen molar-refractivity contribution in [2.45, 2.75) is 0 Å². The minimum atomic E-state index is -0.843. The molecule has 1 N–H and O–H groups in total. The zero-order chi connectivity index (χ0) is 21.6. The van der Waals surface area contributed by atoms with Gasteiger partial charge in [-0.15, -0.1) is 0 Å². The molecule has 0 saturated heterocycles. The third kappa shape index (κ3) is 3.32. The number of nitrogens with zero attached hydrogens (tertiary/aromatic N) is 2. The maximum atomic E-state index is 12.9. The summed E-state index contributed by atoms with van der Waals surface area (Å²) in [7, 11) is 0. The Hall–Kier alpha value is -3.27. The second-order valence-electron chi connectivity index (χ2n) is 6.12. The topological polar surface area (TPSA) is 111 Å². The van der Waals surface area contributed by atoms with Crippen LogP contribution in [-0.2, 0) is 0 Å². The molecular weight excluding hydrogens is 453 g/mol. The Morgan fingerprint density at radius 2 is 1.90 bits per heavy atom. The zero-order valence-electron chi connectivity index (χ0n) is 14.7. The highest BCUT2D eigenvalue weighted by molar-refractivity contribution is 7.71. The molecule has 0 aliphatic heterocycles. The second-order valence-corrected chi connectivity index (χ2v) is 7.35. The molecule has 2 heterocycles. The van der Waals surface area contributed by atoms with E-state index in [1.54, 1.807) is 6.07 Å². The van der Waals surface area contributed by atoms with E-state index in [-0.39, 0.29) is 48.5 Å². The SMILES string of the molecule is O=C(c1ccc(-c2ccccc2[N+](=O)[O-])o1)n1c(=S)[nH]c2c(Cl)cc(Cl)cc2c1=O. The van der Waals surface area contributed by atoms with Gasteiger partial charge in [0.1, 0.15) is 5.76 Å². The van der Waals surface area contributed by atoms with Gasteiger partial charge in [0.15, 0.2) is 10.5 Å². The molecule has 150 valence electrons. The summed E-state index contributed by atoms with van der Waals surface area (Å²) in [6.45, 7) is 0. The van der Waals surface area contributed by atoms with Gasteiger partial charge < -0.3 is 9.40 Å². The summed E-state index contributed by atoms with van der Waals surface area (Å²) in [5, 5.41) is 11.7. The molecular formula is C19H9Cl2N3O5S. The standard InChI is InChI=1S/C19H9Cl2N3O5S/c20-9-7-11-16(12(21)8-9)22-19(30)23(17(11)25)18(26)15-6-5-14(29-15)10-3-1-2-4-13(10)24(27)28/h1-8H,(H,22,30). The van der Waals surface area contributed by atoms with E-state index < -0.39 is 16.4 Å². The Bertz CT molecular complexity index is 1470. The molecule has 8 nitrogen and oxygen atoms in total. The van der Waals surface area contributed by atoms with Crippen LogP contribution in [0.4, 0.5) is 5.69 Å². The molecule has 30 heavy (non-hydrogen) atoms. The molecule has 0 amide bonds. The van der Waals surface area contributed by atoms with Crippen LogP contribution in [0.3, 0.4) is 0 Å². The number of para-hydroxylation sites is 1. The van der Waals surface area contributed by atoms with E-state index >= 15 is 0 Å². The van der Waals surface area contributed by atoms with Crippen LogP contribution < -0.4 is 5.56 Å². The first kappa shape index (κ1) is 20.0. The molecule has 4 aromatic rings. The monoisotopic (exact) mass is 461 g/mol. The van der Waals surface area contributed by atoms with Crippen molar-refractivity contribution in [1.29, 1.82) is 0 Å². The van der Waals surface area contributed by atoms with Crippen molar-refractivity contribution in [1.82, 2.24) is 9.55 Å². The summed E-state index contributed by atoms with van der Waals surface area (Å²) in [5.41, 5.74) is -0.474. The van der Waals surface area contributed by atoms with Crippen molar-refractivity contribution in [3.63, 3.8) is 0 Å². The Morgan fingerprint density at radius 3 is 2.63 bits per heavy atom. The highest BCUT2D eigenvalue weighted by atomic mass is 35.5. The van der Waals surface area contributed by atoms with Crippen LogP contribution in [-0.4, -0.2) is 20.4 Å². The van der Waals surface area contributed by atoms with E-state index in [9.17, 15) is 19.7 Å². The maximum Gasteiger partial charge on any atom is 0.302 e. The molecule has 2 aromatic heterocycles. The third-order valence-corrected chi connectivity index (χ3v) is 5.11. The summed E-state index contributed by atoms with van der Waals surface area (Å²) in [4.78, 5) is 39.3. The average molecular weight is 462 g/mol. The predicted molar refractivity (Wildman–Crippen MR) is 114 cm³/mol. The van der Waals surface area contributed by atoms with E-state index in [4.69, 9.17) is 39.8 Å². The van der Waals surface area contributed by atoms with Crippen LogP contribution in [0.25, 0.3) is 22.2 Å². The van der Waals surface area contributed by atoms with E-state index in [0.29, 0.717) is 4.57 Å². The Balaban J connectivity index is 1.85. The van der Waals surface area contributed by atoms with Crippen molar-refractivity contribution < 1.29 is 14.1 Å². The number of nitrogens with one attached hydrogen (secondary N) is 1. The molecule has 0 fully saturated rings. The minimum absolute atomic E-state index is 0.0694. The van der Waals surface area contributed by atoms with Gasteiger partial charge in [-0.3, -0.25) is 19.7 Å². The first-order valence-corrected chi connectivity index (χ1v) is 9.47. The number of benzene rings is 2. The summed E-state index contributed by atoms with van der Waals surface area (Å²) in [6, 6.07) is 11.4. The third-order valence-electron chi connectivity index (χ3n) is 4.31. The fraction of sp³-hybridized carbons (Fsp3) is 0. The quantitative estimate of drug-likeness (QED) is 0.254. The molecule has 0 aliphatic rings.